The van der Waals surface area contributed by atoms with Gasteiger partial charge in [-0.3, -0.25) is 9.48 Å². The third kappa shape index (κ3) is 5.38. The summed E-state index contributed by atoms with van der Waals surface area (Å²) in [6, 6.07) is 1.92. The van der Waals surface area contributed by atoms with Crippen molar-refractivity contribution in [2.75, 3.05) is 32.7 Å². The average molecular weight is 306 g/mol. The van der Waals surface area contributed by atoms with Gasteiger partial charge in [-0.2, -0.15) is 5.10 Å². The molecular weight excluding hydrogens is 280 g/mol. The number of aromatic nitrogens is 2. The van der Waals surface area contributed by atoms with Gasteiger partial charge in [-0.1, -0.05) is 0 Å². The van der Waals surface area contributed by atoms with E-state index in [4.69, 9.17) is 0 Å². The second kappa shape index (κ2) is 9.07. The summed E-state index contributed by atoms with van der Waals surface area (Å²) in [6.45, 7) is 6.43. The predicted octanol–water partition coefficient (Wildman–Crippen LogP) is 0.451. The van der Waals surface area contributed by atoms with Crippen molar-refractivity contribution >= 4 is 11.9 Å². The molecule has 0 unspecified atom stereocenters. The first-order chi connectivity index (χ1) is 10.8. The van der Waals surface area contributed by atoms with Gasteiger partial charge in [-0.05, 0) is 32.3 Å². The first-order valence-electron chi connectivity index (χ1n) is 8.07. The maximum absolute atomic E-state index is 12.0. The Labute approximate surface area is 131 Å². The van der Waals surface area contributed by atoms with Crippen molar-refractivity contribution in [3.63, 3.8) is 0 Å². The predicted molar refractivity (Wildman–Crippen MR) is 86.6 cm³/mol. The summed E-state index contributed by atoms with van der Waals surface area (Å²) in [6.07, 6.45) is 6.91. The van der Waals surface area contributed by atoms with E-state index in [2.05, 4.69) is 20.7 Å². The fraction of sp³-hybridized carbons (Fsp3) is 0.667. The van der Waals surface area contributed by atoms with E-state index >= 15 is 0 Å². The number of nitrogens with one attached hydrogen (secondary N) is 2. The molecule has 2 N–H and O–H groups in total. The summed E-state index contributed by atoms with van der Waals surface area (Å²) >= 11 is 0. The molecule has 122 valence electrons. The molecule has 1 aromatic rings. The van der Waals surface area contributed by atoms with Crippen LogP contribution in [0, 0.1) is 0 Å². The summed E-state index contributed by atoms with van der Waals surface area (Å²) < 4.78 is 1.91. The van der Waals surface area contributed by atoms with Crippen molar-refractivity contribution in [1.82, 2.24) is 25.3 Å². The molecule has 0 spiro atoms. The summed E-state index contributed by atoms with van der Waals surface area (Å²) in [5.41, 5.74) is 0. The fourth-order valence-corrected chi connectivity index (χ4v) is 2.44. The second-order valence-corrected chi connectivity index (χ2v) is 5.33. The molecule has 7 heteroatoms. The number of hydrogen-bond acceptors (Lipinski definition) is 3. The lowest BCUT2D eigenvalue weighted by Crippen LogP contribution is -2.39. The number of carbonyl (C=O) groups excluding carboxylic acids is 1. The summed E-state index contributed by atoms with van der Waals surface area (Å²) in [4.78, 5) is 18.3. The quantitative estimate of drug-likeness (QED) is 0.436. The molecule has 1 fully saturated rings. The number of likely N-dealkylation sites (tertiary alicyclic amines) is 1. The maximum Gasteiger partial charge on any atom is 0.244 e. The van der Waals surface area contributed by atoms with Crippen molar-refractivity contribution in [3.05, 3.63) is 18.5 Å². The van der Waals surface area contributed by atoms with Gasteiger partial charge in [-0.25, -0.2) is 4.99 Å². The van der Waals surface area contributed by atoms with E-state index in [0.29, 0.717) is 5.96 Å². The van der Waals surface area contributed by atoms with Gasteiger partial charge >= 0.3 is 0 Å². The van der Waals surface area contributed by atoms with Gasteiger partial charge in [0.1, 0.15) is 6.54 Å². The zero-order valence-corrected chi connectivity index (χ0v) is 13.3. The van der Waals surface area contributed by atoms with Crippen molar-refractivity contribution < 1.29 is 4.79 Å². The molecule has 22 heavy (non-hydrogen) atoms. The Hall–Kier alpha value is -2.05. The Morgan fingerprint density at radius 3 is 2.82 bits per heavy atom. The van der Waals surface area contributed by atoms with Gasteiger partial charge < -0.3 is 15.5 Å². The monoisotopic (exact) mass is 306 g/mol. The Bertz CT molecular complexity index is 464. The molecule has 0 aromatic carbocycles. The Kier molecular flexibility index (Phi) is 6.73. The van der Waals surface area contributed by atoms with Crippen molar-refractivity contribution in [2.24, 2.45) is 4.99 Å². The Morgan fingerprint density at radius 1 is 1.32 bits per heavy atom. The van der Waals surface area contributed by atoms with Crippen LogP contribution in [0.4, 0.5) is 0 Å². The van der Waals surface area contributed by atoms with Crippen molar-refractivity contribution in [2.45, 2.75) is 32.7 Å². The molecular formula is C15H26N6O. The van der Waals surface area contributed by atoms with Crippen LogP contribution >= 0.6 is 0 Å². The van der Waals surface area contributed by atoms with E-state index in [9.17, 15) is 4.79 Å². The molecule has 0 bridgehead atoms. The van der Waals surface area contributed by atoms with Crippen LogP contribution in [-0.2, 0) is 11.3 Å². The zero-order valence-electron chi connectivity index (χ0n) is 13.3. The van der Waals surface area contributed by atoms with Crippen LogP contribution in [0.25, 0.3) is 0 Å². The van der Waals surface area contributed by atoms with Crippen LogP contribution in [0.5, 0.6) is 0 Å². The van der Waals surface area contributed by atoms with Gasteiger partial charge in [-0.15, -0.1) is 0 Å². The van der Waals surface area contributed by atoms with Crippen molar-refractivity contribution in [1.29, 1.82) is 0 Å². The molecule has 1 saturated heterocycles. The maximum atomic E-state index is 12.0. The molecule has 7 nitrogen and oxygen atoms in total. The number of hydrogen-bond donors (Lipinski definition) is 2. The van der Waals surface area contributed by atoms with Crippen LogP contribution in [0.15, 0.2) is 23.5 Å². The van der Waals surface area contributed by atoms with Crippen LogP contribution in [0.1, 0.15) is 26.2 Å². The first-order valence-corrected chi connectivity index (χ1v) is 8.07. The number of aryl methyl sites for hydroxylation is 1. The number of guanidine groups is 1. The van der Waals surface area contributed by atoms with Gasteiger partial charge in [0.15, 0.2) is 5.96 Å². The molecule has 0 aliphatic carbocycles. The summed E-state index contributed by atoms with van der Waals surface area (Å²) in [7, 11) is 0. The molecule has 1 amide bonds. The first kappa shape index (κ1) is 16.3. The van der Waals surface area contributed by atoms with Gasteiger partial charge in [0, 0.05) is 45.1 Å². The van der Waals surface area contributed by atoms with E-state index < -0.39 is 0 Å². The number of carbonyl (C=O) groups is 1. The Morgan fingerprint density at radius 2 is 2.14 bits per heavy atom. The molecule has 1 aliphatic rings. The zero-order chi connectivity index (χ0) is 15.6. The number of aliphatic imine (C=N–C) groups is 1. The summed E-state index contributed by atoms with van der Waals surface area (Å²) in [5.74, 6) is 0.821. The molecule has 2 rings (SSSR count). The van der Waals surface area contributed by atoms with E-state index in [0.717, 1.165) is 52.0 Å². The van der Waals surface area contributed by atoms with Crippen LogP contribution in [0.3, 0.4) is 0 Å². The highest BCUT2D eigenvalue weighted by molar-refractivity contribution is 5.85. The highest BCUT2D eigenvalue weighted by Gasteiger charge is 2.17. The third-order valence-corrected chi connectivity index (χ3v) is 3.59. The van der Waals surface area contributed by atoms with Crippen molar-refractivity contribution in [3.8, 4) is 0 Å². The lowest BCUT2D eigenvalue weighted by Gasteiger charge is -2.15. The molecule has 0 saturated carbocycles. The highest BCUT2D eigenvalue weighted by atomic mass is 16.2. The van der Waals surface area contributed by atoms with E-state index in [1.807, 2.05) is 28.8 Å². The largest absolute Gasteiger partial charge is 0.357 e. The van der Waals surface area contributed by atoms with E-state index in [-0.39, 0.29) is 12.5 Å². The SMILES string of the molecule is CCNC(=NCC(=O)N1CCCC1)NCCCn1cccn1. The normalized spacial score (nSPS) is 15.1. The molecule has 0 radical (unpaired) electrons. The smallest absolute Gasteiger partial charge is 0.244 e. The molecule has 1 aliphatic heterocycles. The van der Waals surface area contributed by atoms with Gasteiger partial charge in [0.25, 0.3) is 0 Å². The standard InChI is InChI=1S/C15H26N6O/c1-2-16-15(17-7-5-11-21-12-6-8-19-21)18-13-14(22)20-9-3-4-10-20/h6,8,12H,2-5,7,9-11,13H2,1H3,(H2,16,17,18). The topological polar surface area (TPSA) is 74.6 Å². The van der Waals surface area contributed by atoms with Crippen LogP contribution in [0.2, 0.25) is 0 Å². The van der Waals surface area contributed by atoms with Crippen LogP contribution < -0.4 is 10.6 Å². The number of amides is 1. The van der Waals surface area contributed by atoms with Crippen LogP contribution in [-0.4, -0.2) is 59.3 Å². The minimum absolute atomic E-state index is 0.117. The van der Waals surface area contributed by atoms with E-state index in [1.165, 1.54) is 0 Å². The third-order valence-electron chi connectivity index (χ3n) is 3.59. The molecule has 1 aromatic heterocycles. The lowest BCUT2D eigenvalue weighted by atomic mass is 10.4. The fourth-order valence-electron chi connectivity index (χ4n) is 2.44. The average Bonchev–Trinajstić information content (AvgIpc) is 3.21. The highest BCUT2D eigenvalue weighted by Crippen LogP contribution is 2.07. The molecule has 2 heterocycles. The number of nitrogens with zero attached hydrogens (tertiary/aromatic N) is 4. The lowest BCUT2D eigenvalue weighted by molar-refractivity contribution is -0.128. The number of rotatable bonds is 7. The minimum atomic E-state index is 0.117. The second-order valence-electron chi connectivity index (χ2n) is 5.33. The van der Waals surface area contributed by atoms with Gasteiger partial charge in [0.05, 0.1) is 0 Å². The molecule has 0 atom stereocenters. The van der Waals surface area contributed by atoms with Gasteiger partial charge in [0.2, 0.25) is 5.91 Å². The van der Waals surface area contributed by atoms with E-state index in [1.54, 1.807) is 6.20 Å². The minimum Gasteiger partial charge on any atom is -0.357 e. The Balaban J connectivity index is 1.70. The summed E-state index contributed by atoms with van der Waals surface area (Å²) in [5, 5.41) is 10.6.